The van der Waals surface area contributed by atoms with Crippen LogP contribution in [0.2, 0.25) is 0 Å². The Morgan fingerprint density at radius 2 is 2.21 bits per heavy atom. The van der Waals surface area contributed by atoms with E-state index in [-0.39, 0.29) is 0 Å². The number of nitrogens with zero attached hydrogens (tertiary/aromatic N) is 2. The molecule has 1 aliphatic heterocycles. The van der Waals surface area contributed by atoms with Gasteiger partial charge in [0.05, 0.1) is 7.11 Å². The third kappa shape index (κ3) is 6.75. The predicted molar refractivity (Wildman–Crippen MR) is 123 cm³/mol. The van der Waals surface area contributed by atoms with E-state index in [2.05, 4.69) is 63.2 Å². The molecule has 0 amide bonds. The van der Waals surface area contributed by atoms with Crippen LogP contribution in [0.4, 0.5) is 0 Å². The number of nitrogens with one attached hydrogen (secondary N) is 2. The van der Waals surface area contributed by atoms with Gasteiger partial charge in [-0.2, -0.15) is 0 Å². The number of aliphatic imine (C=N–C) groups is 1. The van der Waals surface area contributed by atoms with Gasteiger partial charge in [-0.25, -0.2) is 0 Å². The Morgan fingerprint density at radius 1 is 1.31 bits per heavy atom. The van der Waals surface area contributed by atoms with Crippen molar-refractivity contribution < 1.29 is 4.74 Å². The van der Waals surface area contributed by atoms with Crippen LogP contribution in [0.5, 0.6) is 5.75 Å². The average molecular weight is 415 g/mol. The molecular formula is C23H34N4OS. The Hall–Kier alpha value is -2.05. The van der Waals surface area contributed by atoms with E-state index in [1.54, 1.807) is 7.11 Å². The van der Waals surface area contributed by atoms with Crippen LogP contribution in [0.3, 0.4) is 0 Å². The first-order valence-electron chi connectivity index (χ1n) is 10.5. The minimum Gasteiger partial charge on any atom is -0.496 e. The van der Waals surface area contributed by atoms with Crippen LogP contribution < -0.4 is 15.4 Å². The van der Waals surface area contributed by atoms with Crippen molar-refractivity contribution in [1.82, 2.24) is 15.5 Å². The van der Waals surface area contributed by atoms with Crippen molar-refractivity contribution in [2.75, 3.05) is 40.3 Å². The maximum atomic E-state index is 5.42. The van der Waals surface area contributed by atoms with Crippen LogP contribution in [0, 0.1) is 12.8 Å². The molecule has 2 N–H and O–H groups in total. The Labute approximate surface area is 179 Å². The summed E-state index contributed by atoms with van der Waals surface area (Å²) < 4.78 is 5.42. The van der Waals surface area contributed by atoms with Gasteiger partial charge in [-0.15, -0.1) is 11.3 Å². The monoisotopic (exact) mass is 414 g/mol. The Morgan fingerprint density at radius 3 is 2.97 bits per heavy atom. The fraction of sp³-hybridized carbons (Fsp3) is 0.522. The summed E-state index contributed by atoms with van der Waals surface area (Å²) in [5.41, 5.74) is 2.44. The Balaban J connectivity index is 1.39. The summed E-state index contributed by atoms with van der Waals surface area (Å²) in [4.78, 5) is 8.44. The molecule has 1 aromatic carbocycles. The molecular weight excluding hydrogens is 380 g/mol. The quantitative estimate of drug-likeness (QED) is 0.511. The minimum absolute atomic E-state index is 0.670. The molecule has 1 unspecified atom stereocenters. The number of piperidine rings is 1. The maximum Gasteiger partial charge on any atom is 0.190 e. The maximum absolute atomic E-state index is 5.42. The van der Waals surface area contributed by atoms with Crippen molar-refractivity contribution >= 4 is 17.3 Å². The van der Waals surface area contributed by atoms with Crippen molar-refractivity contribution in [2.45, 2.75) is 32.7 Å². The topological polar surface area (TPSA) is 48.9 Å². The first-order chi connectivity index (χ1) is 14.2. The van der Waals surface area contributed by atoms with Gasteiger partial charge in [0.15, 0.2) is 5.96 Å². The molecule has 158 valence electrons. The van der Waals surface area contributed by atoms with Gasteiger partial charge in [-0.05, 0) is 67.3 Å². The lowest BCUT2D eigenvalue weighted by molar-refractivity contribution is 0.169. The van der Waals surface area contributed by atoms with E-state index < -0.39 is 0 Å². The van der Waals surface area contributed by atoms with E-state index in [9.17, 15) is 0 Å². The summed E-state index contributed by atoms with van der Waals surface area (Å²) in [6, 6.07) is 10.8. The number of guanidine groups is 1. The zero-order valence-corrected chi connectivity index (χ0v) is 18.7. The van der Waals surface area contributed by atoms with Gasteiger partial charge in [-0.3, -0.25) is 9.89 Å². The number of benzene rings is 1. The first-order valence-corrected chi connectivity index (χ1v) is 11.4. The molecule has 1 fully saturated rings. The number of aryl methyl sites for hydroxylation is 1. The zero-order valence-electron chi connectivity index (χ0n) is 17.9. The second-order valence-electron chi connectivity index (χ2n) is 7.76. The number of methoxy groups -OCH3 is 1. The number of likely N-dealkylation sites (tertiary alicyclic amines) is 1. The molecule has 0 bridgehead atoms. The van der Waals surface area contributed by atoms with E-state index in [0.29, 0.717) is 5.92 Å². The second kappa shape index (κ2) is 11.2. The lowest BCUT2D eigenvalue weighted by Gasteiger charge is -2.32. The fourth-order valence-corrected chi connectivity index (χ4v) is 4.64. The smallest absolute Gasteiger partial charge is 0.190 e. The molecule has 2 aromatic rings. The van der Waals surface area contributed by atoms with Gasteiger partial charge in [0.2, 0.25) is 0 Å². The third-order valence-electron chi connectivity index (χ3n) is 5.52. The Bertz CT molecular complexity index is 775. The molecule has 5 nitrogen and oxygen atoms in total. The summed E-state index contributed by atoms with van der Waals surface area (Å²) in [6.07, 6.45) is 3.50. The van der Waals surface area contributed by atoms with Crippen molar-refractivity contribution in [1.29, 1.82) is 0 Å². The van der Waals surface area contributed by atoms with Gasteiger partial charge >= 0.3 is 0 Å². The zero-order chi connectivity index (χ0) is 20.5. The minimum atomic E-state index is 0.670. The number of ether oxygens (including phenoxy) is 1. The van der Waals surface area contributed by atoms with E-state index in [0.717, 1.165) is 44.3 Å². The van der Waals surface area contributed by atoms with Gasteiger partial charge in [-0.1, -0.05) is 18.2 Å². The number of hydrogen-bond acceptors (Lipinski definition) is 4. The summed E-state index contributed by atoms with van der Waals surface area (Å²) in [6.45, 7) is 7.34. The van der Waals surface area contributed by atoms with Crippen LogP contribution in [0.1, 0.15) is 28.8 Å². The number of rotatable bonds is 8. The predicted octanol–water partition coefficient (Wildman–Crippen LogP) is 3.68. The highest BCUT2D eigenvalue weighted by Crippen LogP contribution is 2.20. The third-order valence-corrected chi connectivity index (χ3v) is 6.38. The van der Waals surface area contributed by atoms with Gasteiger partial charge in [0.25, 0.3) is 0 Å². The Kier molecular flexibility index (Phi) is 8.38. The van der Waals surface area contributed by atoms with Crippen molar-refractivity contribution in [3.63, 3.8) is 0 Å². The SMILES string of the molecule is CN=C(NCCc1ccc(C)c(OC)c1)NCC1CCCN(Cc2cccs2)C1. The highest BCUT2D eigenvalue weighted by Gasteiger charge is 2.20. The van der Waals surface area contributed by atoms with Crippen molar-refractivity contribution in [3.8, 4) is 5.75 Å². The van der Waals surface area contributed by atoms with Crippen molar-refractivity contribution in [3.05, 3.63) is 51.7 Å². The van der Waals surface area contributed by atoms with Gasteiger partial charge < -0.3 is 15.4 Å². The molecule has 1 saturated heterocycles. The molecule has 29 heavy (non-hydrogen) atoms. The normalized spacial score (nSPS) is 17.9. The van der Waals surface area contributed by atoms with E-state index in [1.165, 1.54) is 35.4 Å². The van der Waals surface area contributed by atoms with Crippen LogP contribution >= 0.6 is 11.3 Å². The molecule has 0 radical (unpaired) electrons. The number of hydrogen-bond donors (Lipinski definition) is 2. The van der Waals surface area contributed by atoms with Crippen LogP contribution in [-0.4, -0.2) is 51.2 Å². The summed E-state index contributed by atoms with van der Waals surface area (Å²) in [5, 5.41) is 9.14. The fourth-order valence-electron chi connectivity index (χ4n) is 3.89. The molecule has 2 heterocycles. The van der Waals surface area contributed by atoms with E-state index >= 15 is 0 Å². The van der Waals surface area contributed by atoms with Crippen LogP contribution in [-0.2, 0) is 13.0 Å². The molecule has 3 rings (SSSR count). The van der Waals surface area contributed by atoms with Crippen LogP contribution in [0.15, 0.2) is 40.7 Å². The van der Waals surface area contributed by atoms with E-state index in [4.69, 9.17) is 4.74 Å². The molecule has 0 aliphatic carbocycles. The highest BCUT2D eigenvalue weighted by molar-refractivity contribution is 7.09. The standard InChI is InChI=1S/C23H34N4OS/c1-18-8-9-19(14-22(18)28-3)10-11-25-23(24-2)26-15-20-6-4-12-27(16-20)17-21-7-5-13-29-21/h5,7-9,13-14,20H,4,6,10-12,15-17H2,1-3H3,(H2,24,25,26). The van der Waals surface area contributed by atoms with Crippen molar-refractivity contribution in [2.24, 2.45) is 10.9 Å². The average Bonchev–Trinajstić information content (AvgIpc) is 3.25. The largest absolute Gasteiger partial charge is 0.496 e. The lowest BCUT2D eigenvalue weighted by atomic mass is 9.98. The summed E-state index contributed by atoms with van der Waals surface area (Å²) >= 11 is 1.86. The lowest BCUT2D eigenvalue weighted by Crippen LogP contribution is -2.44. The first kappa shape index (κ1) is 21.7. The molecule has 0 saturated carbocycles. The van der Waals surface area contributed by atoms with Gasteiger partial charge in [0, 0.05) is 38.1 Å². The van der Waals surface area contributed by atoms with E-state index in [1.807, 2.05) is 18.4 Å². The molecule has 0 spiro atoms. The summed E-state index contributed by atoms with van der Waals surface area (Å²) in [7, 11) is 3.57. The molecule has 1 atom stereocenters. The molecule has 6 heteroatoms. The highest BCUT2D eigenvalue weighted by atomic mass is 32.1. The second-order valence-corrected chi connectivity index (χ2v) is 8.79. The summed E-state index contributed by atoms with van der Waals surface area (Å²) in [5.74, 6) is 2.51. The van der Waals surface area contributed by atoms with Gasteiger partial charge in [0.1, 0.15) is 5.75 Å². The number of thiophene rings is 1. The molecule has 1 aliphatic rings. The molecule has 1 aromatic heterocycles. The van der Waals surface area contributed by atoms with Crippen LogP contribution in [0.25, 0.3) is 0 Å².